The molecular weight excluding hydrogens is 276 g/mol. The summed E-state index contributed by atoms with van der Waals surface area (Å²) in [4.78, 5) is 4.70. The first-order valence-corrected chi connectivity index (χ1v) is 9.25. The predicted octanol–water partition coefficient (Wildman–Crippen LogP) is -0.331. The molecular formula is C13H30N4O2S. The van der Waals surface area contributed by atoms with Gasteiger partial charge in [-0.3, -0.25) is 11.3 Å². The lowest BCUT2D eigenvalue weighted by Crippen LogP contribution is -2.52. The largest absolute Gasteiger partial charge is 0.304 e. The van der Waals surface area contributed by atoms with Crippen LogP contribution in [0.5, 0.6) is 0 Å². The zero-order valence-electron chi connectivity index (χ0n) is 13.0. The number of nitrogens with one attached hydrogen (secondary N) is 1. The maximum atomic E-state index is 11.5. The van der Waals surface area contributed by atoms with Gasteiger partial charge in [-0.15, -0.1) is 0 Å². The second kappa shape index (κ2) is 8.29. The van der Waals surface area contributed by atoms with E-state index in [0.717, 1.165) is 32.5 Å². The monoisotopic (exact) mass is 306 g/mol. The van der Waals surface area contributed by atoms with Gasteiger partial charge in [-0.1, -0.05) is 6.92 Å². The number of likely N-dealkylation sites (N-methyl/N-ethyl adjacent to an activating group) is 2. The highest BCUT2D eigenvalue weighted by Crippen LogP contribution is 2.14. The smallest absolute Gasteiger partial charge is 0.150 e. The zero-order chi connectivity index (χ0) is 15.2. The van der Waals surface area contributed by atoms with E-state index in [4.69, 9.17) is 5.84 Å². The minimum Gasteiger partial charge on any atom is -0.304 e. The molecule has 0 aromatic heterocycles. The second-order valence-corrected chi connectivity index (χ2v) is 8.35. The molecule has 1 heterocycles. The number of hydrazine groups is 1. The Balaban J connectivity index is 2.38. The Labute approximate surface area is 123 Å². The summed E-state index contributed by atoms with van der Waals surface area (Å²) in [7, 11) is 1.42. The van der Waals surface area contributed by atoms with Crippen LogP contribution >= 0.6 is 0 Å². The molecule has 1 aliphatic heterocycles. The van der Waals surface area contributed by atoms with Gasteiger partial charge in [0.05, 0.1) is 5.75 Å². The molecule has 120 valence electrons. The molecule has 20 heavy (non-hydrogen) atoms. The van der Waals surface area contributed by atoms with Crippen molar-refractivity contribution < 1.29 is 8.42 Å². The molecule has 0 aromatic rings. The molecule has 2 atom stereocenters. The van der Waals surface area contributed by atoms with E-state index < -0.39 is 9.84 Å². The number of hydrogen-bond donors (Lipinski definition) is 2. The summed E-state index contributed by atoms with van der Waals surface area (Å²) in [6.45, 7) is 4.91. The Morgan fingerprint density at radius 2 is 2.05 bits per heavy atom. The maximum Gasteiger partial charge on any atom is 0.150 e. The van der Waals surface area contributed by atoms with Gasteiger partial charge in [-0.05, 0) is 33.4 Å². The van der Waals surface area contributed by atoms with Crippen LogP contribution in [0.2, 0.25) is 0 Å². The molecule has 3 N–H and O–H groups in total. The Hall–Kier alpha value is -0.210. The van der Waals surface area contributed by atoms with E-state index in [1.165, 1.54) is 0 Å². The van der Waals surface area contributed by atoms with Crippen LogP contribution in [-0.4, -0.2) is 75.5 Å². The molecule has 0 spiro atoms. The lowest BCUT2D eigenvalue weighted by Gasteiger charge is -2.39. The van der Waals surface area contributed by atoms with E-state index in [-0.39, 0.29) is 17.5 Å². The van der Waals surface area contributed by atoms with Gasteiger partial charge in [0.1, 0.15) is 9.84 Å². The van der Waals surface area contributed by atoms with Crippen molar-refractivity contribution in [1.29, 1.82) is 0 Å². The Morgan fingerprint density at radius 1 is 1.35 bits per heavy atom. The second-order valence-electron chi connectivity index (χ2n) is 5.87. The average Bonchev–Trinajstić information content (AvgIpc) is 2.41. The number of nitrogens with two attached hydrogens (primary N) is 1. The quantitative estimate of drug-likeness (QED) is 0.472. The fraction of sp³-hybridized carbons (Fsp3) is 1.00. The van der Waals surface area contributed by atoms with Crippen molar-refractivity contribution in [2.45, 2.75) is 38.3 Å². The zero-order valence-corrected chi connectivity index (χ0v) is 13.8. The van der Waals surface area contributed by atoms with E-state index in [1.54, 1.807) is 6.92 Å². The first-order chi connectivity index (χ1) is 9.38. The number of nitrogens with zero attached hydrogens (tertiary/aromatic N) is 2. The molecule has 1 aliphatic rings. The van der Waals surface area contributed by atoms with Crippen molar-refractivity contribution in [3.63, 3.8) is 0 Å². The van der Waals surface area contributed by atoms with Crippen LogP contribution in [0.15, 0.2) is 0 Å². The molecule has 0 aliphatic carbocycles. The van der Waals surface area contributed by atoms with Gasteiger partial charge in [0.15, 0.2) is 0 Å². The van der Waals surface area contributed by atoms with Gasteiger partial charge in [0, 0.05) is 37.5 Å². The molecule has 0 bridgehead atoms. The molecule has 1 rings (SSSR count). The number of hydrogen-bond acceptors (Lipinski definition) is 6. The third-order valence-corrected chi connectivity index (χ3v) is 6.01. The van der Waals surface area contributed by atoms with Crippen LogP contribution < -0.4 is 11.3 Å². The van der Waals surface area contributed by atoms with Gasteiger partial charge in [0.25, 0.3) is 0 Å². The topological polar surface area (TPSA) is 78.7 Å². The Bertz CT molecular complexity index is 375. The van der Waals surface area contributed by atoms with Gasteiger partial charge in [-0.25, -0.2) is 8.42 Å². The Kier molecular flexibility index (Phi) is 7.39. The first kappa shape index (κ1) is 17.8. The van der Waals surface area contributed by atoms with Crippen LogP contribution in [0, 0.1) is 0 Å². The van der Waals surface area contributed by atoms with E-state index in [9.17, 15) is 8.42 Å². The third kappa shape index (κ3) is 6.05. The normalized spacial score (nSPS) is 23.9. The van der Waals surface area contributed by atoms with Crippen LogP contribution in [-0.2, 0) is 9.84 Å². The summed E-state index contributed by atoms with van der Waals surface area (Å²) < 4.78 is 23.0. The molecule has 6 nitrogen and oxygen atoms in total. The predicted molar refractivity (Wildman–Crippen MR) is 83.2 cm³/mol. The highest BCUT2D eigenvalue weighted by atomic mass is 32.2. The number of piperazine rings is 1. The summed E-state index contributed by atoms with van der Waals surface area (Å²) in [5.74, 6) is 6.11. The fourth-order valence-electron chi connectivity index (χ4n) is 2.65. The van der Waals surface area contributed by atoms with E-state index >= 15 is 0 Å². The van der Waals surface area contributed by atoms with Crippen LogP contribution in [0.25, 0.3) is 0 Å². The van der Waals surface area contributed by atoms with Crippen molar-refractivity contribution in [1.82, 2.24) is 15.2 Å². The molecule has 1 saturated heterocycles. The Morgan fingerprint density at radius 3 is 2.65 bits per heavy atom. The van der Waals surface area contributed by atoms with Crippen LogP contribution in [0.1, 0.15) is 26.2 Å². The highest BCUT2D eigenvalue weighted by Gasteiger charge is 2.25. The van der Waals surface area contributed by atoms with E-state index in [1.807, 2.05) is 0 Å². The molecule has 2 unspecified atom stereocenters. The van der Waals surface area contributed by atoms with Crippen molar-refractivity contribution in [2.24, 2.45) is 5.84 Å². The number of sulfone groups is 1. The van der Waals surface area contributed by atoms with Crippen molar-refractivity contribution in [2.75, 3.05) is 45.2 Å². The lowest BCUT2D eigenvalue weighted by atomic mass is 10.0. The maximum absolute atomic E-state index is 11.5. The van der Waals surface area contributed by atoms with E-state index in [0.29, 0.717) is 12.5 Å². The molecule has 0 saturated carbocycles. The fourth-order valence-corrected chi connectivity index (χ4v) is 3.54. The molecule has 0 aromatic carbocycles. The summed E-state index contributed by atoms with van der Waals surface area (Å²) in [5, 5.41) is 0. The summed E-state index contributed by atoms with van der Waals surface area (Å²) in [6.07, 6.45) is 2.45. The SMILES string of the molecule is CCS(=O)(=O)CCCC(CC1CN(C)CCN1C)NN. The van der Waals surface area contributed by atoms with Crippen molar-refractivity contribution in [3.05, 3.63) is 0 Å². The molecule has 7 heteroatoms. The molecule has 0 amide bonds. The number of rotatable bonds is 8. The van der Waals surface area contributed by atoms with Gasteiger partial charge >= 0.3 is 0 Å². The molecule has 0 radical (unpaired) electrons. The van der Waals surface area contributed by atoms with Gasteiger partial charge in [0.2, 0.25) is 0 Å². The van der Waals surface area contributed by atoms with Crippen LogP contribution in [0.3, 0.4) is 0 Å². The minimum atomic E-state index is -2.86. The summed E-state index contributed by atoms with van der Waals surface area (Å²) in [6, 6.07) is 0.665. The lowest BCUT2D eigenvalue weighted by molar-refractivity contribution is 0.100. The standard InChI is InChI=1S/C13H30N4O2S/c1-4-20(18,19)9-5-6-12(15-14)10-13-11-16(2)7-8-17(13)3/h12-13,15H,4-11,14H2,1-3H3. The van der Waals surface area contributed by atoms with E-state index in [2.05, 4.69) is 29.3 Å². The van der Waals surface area contributed by atoms with Crippen LogP contribution in [0.4, 0.5) is 0 Å². The van der Waals surface area contributed by atoms with Crippen molar-refractivity contribution >= 4 is 9.84 Å². The van der Waals surface area contributed by atoms with Crippen molar-refractivity contribution in [3.8, 4) is 0 Å². The van der Waals surface area contributed by atoms with Gasteiger partial charge in [-0.2, -0.15) is 0 Å². The summed E-state index contributed by atoms with van der Waals surface area (Å²) >= 11 is 0. The van der Waals surface area contributed by atoms with Gasteiger partial charge < -0.3 is 9.80 Å². The highest BCUT2D eigenvalue weighted by molar-refractivity contribution is 7.91. The summed E-state index contributed by atoms with van der Waals surface area (Å²) in [5.41, 5.74) is 2.85. The third-order valence-electron chi connectivity index (χ3n) is 4.22. The average molecular weight is 306 g/mol. The molecule has 1 fully saturated rings. The minimum absolute atomic E-state index is 0.181. The first-order valence-electron chi connectivity index (χ1n) is 7.43.